The molecule has 4 nitrogen and oxygen atoms in total. The molecule has 0 spiro atoms. The van der Waals surface area contributed by atoms with Crippen LogP contribution in [0.15, 0.2) is 30.5 Å². The van der Waals surface area contributed by atoms with Crippen LogP contribution in [0.4, 0.5) is 0 Å². The van der Waals surface area contributed by atoms with E-state index >= 15 is 0 Å². The summed E-state index contributed by atoms with van der Waals surface area (Å²) in [6, 6.07) is 8.64. The molecule has 3 atom stereocenters. The lowest BCUT2D eigenvalue weighted by Gasteiger charge is -2.29. The summed E-state index contributed by atoms with van der Waals surface area (Å²) >= 11 is 0. The molecule has 2 aromatic rings. The maximum atomic E-state index is 12.8. The zero-order valence-corrected chi connectivity index (χ0v) is 13.8. The Morgan fingerprint density at radius 2 is 2.09 bits per heavy atom. The average Bonchev–Trinajstić information content (AvgIpc) is 3.20. The van der Waals surface area contributed by atoms with Gasteiger partial charge >= 0.3 is 0 Å². The zero-order chi connectivity index (χ0) is 15.8. The van der Waals surface area contributed by atoms with E-state index in [-0.39, 0.29) is 5.92 Å². The van der Waals surface area contributed by atoms with Crippen molar-refractivity contribution < 1.29 is 4.79 Å². The monoisotopic (exact) mass is 311 g/mol. The number of carbonyl (C=O) groups excluding carboxylic acids is 1. The molecule has 4 rings (SSSR count). The van der Waals surface area contributed by atoms with Crippen LogP contribution >= 0.6 is 0 Å². The fourth-order valence-electron chi connectivity index (χ4n) is 4.34. The lowest BCUT2D eigenvalue weighted by molar-refractivity contribution is -0.136. The molecule has 23 heavy (non-hydrogen) atoms. The molecule has 0 N–H and O–H groups in total. The van der Waals surface area contributed by atoms with Crippen LogP contribution in [0.5, 0.6) is 0 Å². The normalized spacial score (nSPS) is 28.4. The minimum absolute atomic E-state index is 0.256. The van der Waals surface area contributed by atoms with E-state index in [2.05, 4.69) is 39.8 Å². The van der Waals surface area contributed by atoms with E-state index in [1.54, 1.807) is 0 Å². The Hall–Kier alpha value is -1.84. The fourth-order valence-corrected chi connectivity index (χ4v) is 4.34. The number of carbonyl (C=O) groups is 1. The molecule has 0 radical (unpaired) electrons. The second-order valence-electron chi connectivity index (χ2n) is 7.34. The number of rotatable bonds is 2. The van der Waals surface area contributed by atoms with Crippen molar-refractivity contribution >= 4 is 16.8 Å². The van der Waals surface area contributed by atoms with Gasteiger partial charge in [0.2, 0.25) is 5.91 Å². The van der Waals surface area contributed by atoms with Gasteiger partial charge in [0, 0.05) is 24.4 Å². The van der Waals surface area contributed by atoms with E-state index in [9.17, 15) is 4.79 Å². The van der Waals surface area contributed by atoms with Gasteiger partial charge in [-0.1, -0.05) is 38.0 Å². The number of aromatic nitrogens is 2. The smallest absolute Gasteiger partial charge is 0.225 e. The quantitative estimate of drug-likeness (QED) is 0.849. The molecule has 2 heterocycles. The zero-order valence-electron chi connectivity index (χ0n) is 13.8. The van der Waals surface area contributed by atoms with E-state index in [1.165, 1.54) is 23.7 Å². The molecule has 4 heteroatoms. The number of nitrogens with zero attached hydrogens (tertiary/aromatic N) is 3. The number of hydrogen-bond acceptors (Lipinski definition) is 2. The first-order chi connectivity index (χ1) is 11.2. The highest BCUT2D eigenvalue weighted by Gasteiger charge is 2.34. The third-order valence-corrected chi connectivity index (χ3v) is 5.61. The Balaban J connectivity index is 1.47. The van der Waals surface area contributed by atoms with Gasteiger partial charge in [-0.15, -0.1) is 0 Å². The maximum Gasteiger partial charge on any atom is 0.225 e. The maximum absolute atomic E-state index is 12.8. The minimum Gasteiger partial charge on any atom is -0.340 e. The minimum atomic E-state index is 0.256. The van der Waals surface area contributed by atoms with Gasteiger partial charge in [0.1, 0.15) is 0 Å². The lowest BCUT2D eigenvalue weighted by Crippen LogP contribution is -2.36. The van der Waals surface area contributed by atoms with Crippen molar-refractivity contribution in [2.45, 2.75) is 45.1 Å². The van der Waals surface area contributed by atoms with E-state index in [0.717, 1.165) is 32.4 Å². The van der Waals surface area contributed by atoms with Crippen molar-refractivity contribution in [1.29, 1.82) is 0 Å². The Morgan fingerprint density at radius 1 is 1.22 bits per heavy atom. The molecule has 1 amide bonds. The van der Waals surface area contributed by atoms with Gasteiger partial charge in [0.05, 0.1) is 17.8 Å². The van der Waals surface area contributed by atoms with Crippen LogP contribution in [-0.2, 0) is 4.79 Å². The van der Waals surface area contributed by atoms with Gasteiger partial charge in [0.15, 0.2) is 0 Å². The van der Waals surface area contributed by atoms with E-state index in [0.29, 0.717) is 17.9 Å². The Bertz CT molecular complexity index is 707. The molecule has 2 fully saturated rings. The van der Waals surface area contributed by atoms with Crippen LogP contribution in [0, 0.1) is 11.8 Å². The number of benzene rings is 1. The first kappa shape index (κ1) is 14.7. The largest absolute Gasteiger partial charge is 0.340 e. The van der Waals surface area contributed by atoms with Gasteiger partial charge < -0.3 is 4.90 Å². The molecule has 1 aliphatic carbocycles. The Labute approximate surface area is 137 Å². The summed E-state index contributed by atoms with van der Waals surface area (Å²) in [4.78, 5) is 14.9. The van der Waals surface area contributed by atoms with Crippen molar-refractivity contribution in [2.24, 2.45) is 11.8 Å². The van der Waals surface area contributed by atoms with E-state index < -0.39 is 0 Å². The van der Waals surface area contributed by atoms with Crippen molar-refractivity contribution in [3.8, 4) is 0 Å². The van der Waals surface area contributed by atoms with Crippen LogP contribution < -0.4 is 0 Å². The molecule has 0 bridgehead atoms. The van der Waals surface area contributed by atoms with Gasteiger partial charge in [-0.3, -0.25) is 9.48 Å². The van der Waals surface area contributed by atoms with Crippen LogP contribution in [0.25, 0.3) is 10.9 Å². The topological polar surface area (TPSA) is 38.1 Å². The molecular weight excluding hydrogens is 286 g/mol. The standard InChI is InChI=1S/C19H25N3O/c1-14-5-4-7-15(11-14)19(23)21-10-9-17(13-21)22-18-8-3-2-6-16(18)12-20-22/h2-3,6,8,12,14-15,17H,4-5,7,9-11,13H2,1H3/t14-,15-,17-/m1/s1. The van der Waals surface area contributed by atoms with Crippen LogP contribution in [0.2, 0.25) is 0 Å². The summed E-state index contributed by atoms with van der Waals surface area (Å²) < 4.78 is 2.12. The SMILES string of the molecule is C[C@@H]1CCC[C@@H](C(=O)N2CC[C@@H](n3ncc4ccccc43)C2)C1. The van der Waals surface area contributed by atoms with E-state index in [1.807, 2.05) is 12.3 Å². The first-order valence-electron chi connectivity index (χ1n) is 8.93. The highest BCUT2D eigenvalue weighted by molar-refractivity contribution is 5.80. The molecule has 1 aromatic heterocycles. The highest BCUT2D eigenvalue weighted by atomic mass is 16.2. The second kappa shape index (κ2) is 5.99. The molecule has 0 unspecified atom stereocenters. The number of fused-ring (bicyclic) bond motifs is 1. The van der Waals surface area contributed by atoms with Gasteiger partial charge in [-0.25, -0.2) is 0 Å². The molecular formula is C19H25N3O. The van der Waals surface area contributed by atoms with Crippen LogP contribution in [0.3, 0.4) is 0 Å². The molecule has 2 aliphatic rings. The number of hydrogen-bond donors (Lipinski definition) is 0. The number of para-hydroxylation sites is 1. The Kier molecular flexibility index (Phi) is 3.83. The average molecular weight is 311 g/mol. The molecule has 122 valence electrons. The van der Waals surface area contributed by atoms with Gasteiger partial charge in [0.25, 0.3) is 0 Å². The summed E-state index contributed by atoms with van der Waals surface area (Å²) in [6.45, 7) is 3.97. The Morgan fingerprint density at radius 3 is 2.96 bits per heavy atom. The van der Waals surface area contributed by atoms with Crippen molar-refractivity contribution in [3.63, 3.8) is 0 Å². The summed E-state index contributed by atoms with van der Waals surface area (Å²) in [6.07, 6.45) is 7.59. The second-order valence-corrected chi connectivity index (χ2v) is 7.34. The molecule has 1 aromatic carbocycles. The summed E-state index contributed by atoms with van der Waals surface area (Å²) in [5.41, 5.74) is 1.18. The predicted molar refractivity (Wildman–Crippen MR) is 91.1 cm³/mol. The molecule has 1 saturated heterocycles. The molecule has 1 aliphatic heterocycles. The number of likely N-dealkylation sites (tertiary alicyclic amines) is 1. The first-order valence-corrected chi connectivity index (χ1v) is 8.93. The van der Waals surface area contributed by atoms with Crippen molar-refractivity contribution in [2.75, 3.05) is 13.1 Å². The lowest BCUT2D eigenvalue weighted by atomic mass is 9.82. The highest BCUT2D eigenvalue weighted by Crippen LogP contribution is 2.32. The number of amides is 1. The third-order valence-electron chi connectivity index (χ3n) is 5.61. The van der Waals surface area contributed by atoms with Gasteiger partial charge in [-0.2, -0.15) is 5.10 Å². The molecule has 1 saturated carbocycles. The van der Waals surface area contributed by atoms with Crippen molar-refractivity contribution in [1.82, 2.24) is 14.7 Å². The van der Waals surface area contributed by atoms with Crippen molar-refractivity contribution in [3.05, 3.63) is 30.5 Å². The fraction of sp³-hybridized carbons (Fsp3) is 0.579. The van der Waals surface area contributed by atoms with E-state index in [4.69, 9.17) is 0 Å². The predicted octanol–water partition coefficient (Wildman–Crippen LogP) is 3.64. The van der Waals surface area contributed by atoms with Crippen LogP contribution in [-0.4, -0.2) is 33.7 Å². The third kappa shape index (κ3) is 2.75. The summed E-state index contributed by atoms with van der Waals surface area (Å²) in [7, 11) is 0. The van der Waals surface area contributed by atoms with Crippen LogP contribution in [0.1, 0.15) is 45.1 Å². The van der Waals surface area contributed by atoms with Gasteiger partial charge in [-0.05, 0) is 31.2 Å². The summed E-state index contributed by atoms with van der Waals surface area (Å²) in [5.74, 6) is 1.34. The summed E-state index contributed by atoms with van der Waals surface area (Å²) in [5, 5.41) is 5.75.